The Morgan fingerprint density at radius 3 is 2.52 bits per heavy atom. The third-order valence-corrected chi connectivity index (χ3v) is 5.61. The predicted octanol–water partition coefficient (Wildman–Crippen LogP) is 2.87. The quantitative estimate of drug-likeness (QED) is 0.794. The Morgan fingerprint density at radius 1 is 1.16 bits per heavy atom. The average molecular weight is 359 g/mol. The van der Waals surface area contributed by atoms with Gasteiger partial charge in [0.25, 0.3) is 0 Å². The summed E-state index contributed by atoms with van der Waals surface area (Å²) >= 11 is 1.69. The molecule has 0 spiro atoms. The maximum absolute atomic E-state index is 12.4. The number of nitrogens with zero attached hydrogens (tertiary/aromatic N) is 3. The summed E-state index contributed by atoms with van der Waals surface area (Å²) in [6.07, 6.45) is 0. The summed E-state index contributed by atoms with van der Waals surface area (Å²) in [5.41, 5.74) is 3.41. The van der Waals surface area contributed by atoms with Gasteiger partial charge in [-0.2, -0.15) is 0 Å². The van der Waals surface area contributed by atoms with Crippen LogP contribution in [0.4, 0.5) is 0 Å². The number of carbonyl (C=O) groups is 1. The SMILES string of the molecule is Cc1noc(C)c1CN1CCN(C(=O)CSCc2ccccc2)CC1. The Bertz CT molecular complexity index is 674. The fraction of sp³-hybridized carbons (Fsp3) is 0.474. The number of thioether (sulfide) groups is 1. The van der Waals surface area contributed by atoms with Gasteiger partial charge in [-0.15, -0.1) is 11.8 Å². The lowest BCUT2D eigenvalue weighted by Gasteiger charge is -2.34. The van der Waals surface area contributed by atoms with E-state index in [1.165, 1.54) is 11.1 Å². The topological polar surface area (TPSA) is 49.6 Å². The van der Waals surface area contributed by atoms with Crippen LogP contribution in [0.3, 0.4) is 0 Å². The first-order valence-corrected chi connectivity index (χ1v) is 9.82. The van der Waals surface area contributed by atoms with Gasteiger partial charge >= 0.3 is 0 Å². The van der Waals surface area contributed by atoms with Gasteiger partial charge in [-0.25, -0.2) is 0 Å². The number of aromatic nitrogens is 1. The maximum atomic E-state index is 12.4. The van der Waals surface area contributed by atoms with Crippen molar-refractivity contribution in [1.82, 2.24) is 15.0 Å². The van der Waals surface area contributed by atoms with E-state index in [0.717, 1.165) is 49.9 Å². The van der Waals surface area contributed by atoms with Gasteiger partial charge in [-0.3, -0.25) is 9.69 Å². The molecule has 0 N–H and O–H groups in total. The van der Waals surface area contributed by atoms with E-state index in [9.17, 15) is 4.79 Å². The predicted molar refractivity (Wildman–Crippen MR) is 100 cm³/mol. The van der Waals surface area contributed by atoms with Crippen LogP contribution < -0.4 is 0 Å². The Labute approximate surface area is 153 Å². The van der Waals surface area contributed by atoms with Crippen molar-refractivity contribution in [2.24, 2.45) is 0 Å². The highest BCUT2D eigenvalue weighted by Crippen LogP contribution is 2.17. The molecule has 0 saturated carbocycles. The number of benzene rings is 1. The molecule has 134 valence electrons. The Hall–Kier alpha value is -1.79. The molecule has 0 unspecified atom stereocenters. The number of rotatable bonds is 6. The van der Waals surface area contributed by atoms with Gasteiger partial charge in [0.05, 0.1) is 11.4 Å². The lowest BCUT2D eigenvalue weighted by molar-refractivity contribution is -0.130. The fourth-order valence-electron chi connectivity index (χ4n) is 3.03. The summed E-state index contributed by atoms with van der Waals surface area (Å²) in [6.45, 7) is 8.20. The first-order chi connectivity index (χ1) is 12.1. The Balaban J connectivity index is 1.40. The number of carbonyl (C=O) groups excluding carboxylic acids is 1. The van der Waals surface area contributed by atoms with Crippen LogP contribution in [-0.4, -0.2) is 52.8 Å². The number of piperazine rings is 1. The largest absolute Gasteiger partial charge is 0.361 e. The summed E-state index contributed by atoms with van der Waals surface area (Å²) in [5, 5.41) is 4.01. The molecule has 1 fully saturated rings. The summed E-state index contributed by atoms with van der Waals surface area (Å²) in [6, 6.07) is 10.3. The zero-order valence-corrected chi connectivity index (χ0v) is 15.7. The van der Waals surface area contributed by atoms with E-state index in [2.05, 4.69) is 22.2 Å². The van der Waals surface area contributed by atoms with Gasteiger partial charge < -0.3 is 9.42 Å². The molecule has 0 atom stereocenters. The lowest BCUT2D eigenvalue weighted by Crippen LogP contribution is -2.48. The zero-order valence-electron chi connectivity index (χ0n) is 14.9. The third-order valence-electron chi connectivity index (χ3n) is 4.63. The van der Waals surface area contributed by atoms with Crippen molar-refractivity contribution in [2.75, 3.05) is 31.9 Å². The Morgan fingerprint density at radius 2 is 1.88 bits per heavy atom. The molecule has 1 amide bonds. The van der Waals surface area contributed by atoms with E-state index in [1.807, 2.05) is 36.9 Å². The summed E-state index contributed by atoms with van der Waals surface area (Å²) in [5.74, 6) is 2.59. The highest BCUT2D eigenvalue weighted by atomic mass is 32.2. The van der Waals surface area contributed by atoms with Crippen LogP contribution in [0, 0.1) is 13.8 Å². The minimum atomic E-state index is 0.248. The number of aryl methyl sites for hydroxylation is 2. The standard InChI is InChI=1S/C19H25N3O2S/c1-15-18(16(2)24-20-15)12-21-8-10-22(11-9-21)19(23)14-25-13-17-6-4-3-5-7-17/h3-7H,8-14H2,1-2H3. The van der Waals surface area contributed by atoms with Crippen molar-refractivity contribution in [3.8, 4) is 0 Å². The Kier molecular flexibility index (Phi) is 6.15. The van der Waals surface area contributed by atoms with Gasteiger partial charge in [-0.1, -0.05) is 35.5 Å². The highest BCUT2D eigenvalue weighted by Gasteiger charge is 2.22. The van der Waals surface area contributed by atoms with E-state index < -0.39 is 0 Å². The average Bonchev–Trinajstić information content (AvgIpc) is 2.95. The number of amides is 1. The van der Waals surface area contributed by atoms with Crippen molar-refractivity contribution in [3.05, 3.63) is 52.9 Å². The van der Waals surface area contributed by atoms with Crippen LogP contribution >= 0.6 is 11.8 Å². The van der Waals surface area contributed by atoms with E-state index in [0.29, 0.717) is 5.75 Å². The third kappa shape index (κ3) is 4.86. The van der Waals surface area contributed by atoms with Gasteiger partial charge in [0.1, 0.15) is 5.76 Å². The molecule has 3 rings (SSSR count). The molecule has 1 aromatic heterocycles. The molecule has 1 aliphatic rings. The first kappa shape index (κ1) is 18.0. The van der Waals surface area contributed by atoms with Gasteiger partial charge in [0.2, 0.25) is 5.91 Å². The molecule has 2 aromatic rings. The molecule has 25 heavy (non-hydrogen) atoms. The number of hydrogen-bond donors (Lipinski definition) is 0. The van der Waals surface area contributed by atoms with E-state index in [1.54, 1.807) is 11.8 Å². The molecule has 0 bridgehead atoms. The molecule has 1 saturated heterocycles. The van der Waals surface area contributed by atoms with E-state index in [-0.39, 0.29) is 5.91 Å². The molecule has 0 aliphatic carbocycles. The minimum Gasteiger partial charge on any atom is -0.361 e. The van der Waals surface area contributed by atoms with Crippen LogP contribution in [0.25, 0.3) is 0 Å². The van der Waals surface area contributed by atoms with Gasteiger partial charge in [0.15, 0.2) is 0 Å². The molecule has 0 radical (unpaired) electrons. The van der Waals surface area contributed by atoms with Crippen LogP contribution in [0.1, 0.15) is 22.6 Å². The van der Waals surface area contributed by atoms with Gasteiger partial charge in [-0.05, 0) is 19.4 Å². The first-order valence-electron chi connectivity index (χ1n) is 8.67. The summed E-state index contributed by atoms with van der Waals surface area (Å²) in [4.78, 5) is 16.7. The molecule has 2 heterocycles. The maximum Gasteiger partial charge on any atom is 0.232 e. The second kappa shape index (κ2) is 8.54. The van der Waals surface area contributed by atoms with Crippen molar-refractivity contribution in [1.29, 1.82) is 0 Å². The van der Waals surface area contributed by atoms with Crippen LogP contribution in [0.5, 0.6) is 0 Å². The van der Waals surface area contributed by atoms with Crippen molar-refractivity contribution >= 4 is 17.7 Å². The van der Waals surface area contributed by atoms with Crippen LogP contribution in [-0.2, 0) is 17.1 Å². The van der Waals surface area contributed by atoms with E-state index in [4.69, 9.17) is 4.52 Å². The number of hydrogen-bond acceptors (Lipinski definition) is 5. The molecule has 5 nitrogen and oxygen atoms in total. The van der Waals surface area contributed by atoms with Crippen molar-refractivity contribution < 1.29 is 9.32 Å². The smallest absolute Gasteiger partial charge is 0.232 e. The second-order valence-corrected chi connectivity index (χ2v) is 7.42. The van der Waals surface area contributed by atoms with Crippen molar-refractivity contribution in [2.45, 2.75) is 26.1 Å². The minimum absolute atomic E-state index is 0.248. The zero-order chi connectivity index (χ0) is 17.6. The molecule has 1 aliphatic heterocycles. The van der Waals surface area contributed by atoms with E-state index >= 15 is 0 Å². The molecule has 6 heteroatoms. The molecular weight excluding hydrogens is 334 g/mol. The molecular formula is C19H25N3O2S. The monoisotopic (exact) mass is 359 g/mol. The van der Waals surface area contributed by atoms with Crippen molar-refractivity contribution in [3.63, 3.8) is 0 Å². The summed E-state index contributed by atoms with van der Waals surface area (Å²) < 4.78 is 5.23. The van der Waals surface area contributed by atoms with Crippen LogP contribution in [0.15, 0.2) is 34.9 Å². The normalized spacial score (nSPS) is 15.5. The highest BCUT2D eigenvalue weighted by molar-refractivity contribution is 7.99. The lowest BCUT2D eigenvalue weighted by atomic mass is 10.2. The van der Waals surface area contributed by atoms with Crippen LogP contribution in [0.2, 0.25) is 0 Å². The van der Waals surface area contributed by atoms with Gasteiger partial charge in [0, 0.05) is 44.0 Å². The second-order valence-electron chi connectivity index (χ2n) is 6.44. The molecule has 1 aromatic carbocycles. The fourth-order valence-corrected chi connectivity index (χ4v) is 3.92. The summed E-state index contributed by atoms with van der Waals surface area (Å²) in [7, 11) is 0.